The quantitative estimate of drug-likeness (QED) is 0.490. The highest BCUT2D eigenvalue weighted by molar-refractivity contribution is 6.44. The van der Waals surface area contributed by atoms with Crippen molar-refractivity contribution in [2.45, 2.75) is 0 Å². The molecule has 4 N–H and O–H groups in total. The second-order valence-electron chi connectivity index (χ2n) is 4.58. The van der Waals surface area contributed by atoms with Gasteiger partial charge < -0.3 is 25.6 Å². The van der Waals surface area contributed by atoms with Gasteiger partial charge in [-0.3, -0.25) is 9.59 Å². The predicted molar refractivity (Wildman–Crippen MR) is 90.0 cm³/mol. The fraction of sp³-hybridized carbons (Fsp3) is 0.0667. The Morgan fingerprint density at radius 1 is 1.00 bits per heavy atom. The molecule has 2 rings (SSSR count). The normalized spacial score (nSPS) is 10.1. The summed E-state index contributed by atoms with van der Waals surface area (Å²) in [5, 5.41) is 23.9. The van der Waals surface area contributed by atoms with E-state index >= 15 is 0 Å². The Morgan fingerprint density at radius 3 is 2.25 bits per heavy atom. The molecule has 0 heterocycles. The number of methoxy groups -OCH3 is 1. The number of aromatic hydroxyl groups is 2. The van der Waals surface area contributed by atoms with Crippen LogP contribution in [0, 0.1) is 0 Å². The maximum Gasteiger partial charge on any atom is 0.314 e. The molecule has 2 aromatic carbocycles. The number of ether oxygens (including phenoxy) is 1. The molecule has 0 radical (unpaired) electrons. The molecule has 0 bridgehead atoms. The number of phenolic OH excluding ortho intramolecular Hbond substituents is 2. The van der Waals surface area contributed by atoms with Gasteiger partial charge in [-0.2, -0.15) is 0 Å². The Labute approximate surface area is 146 Å². The lowest BCUT2D eigenvalue weighted by Gasteiger charge is -2.11. The number of nitrogens with one attached hydrogen (secondary N) is 2. The zero-order valence-corrected chi connectivity index (χ0v) is 13.8. The van der Waals surface area contributed by atoms with Crippen molar-refractivity contribution in [1.29, 1.82) is 0 Å². The third-order valence-electron chi connectivity index (χ3n) is 2.93. The molecule has 9 heteroatoms. The average molecular weight is 371 g/mol. The summed E-state index contributed by atoms with van der Waals surface area (Å²) in [7, 11) is 1.41. The Kier molecular flexibility index (Phi) is 5.38. The van der Waals surface area contributed by atoms with Gasteiger partial charge in [0.1, 0.15) is 11.5 Å². The Hall–Kier alpha value is -2.64. The maximum atomic E-state index is 11.9. The van der Waals surface area contributed by atoms with Crippen LogP contribution in [-0.2, 0) is 9.59 Å². The first kappa shape index (κ1) is 17.7. The van der Waals surface area contributed by atoms with Crippen LogP contribution in [0.1, 0.15) is 0 Å². The number of hydrogen-bond acceptors (Lipinski definition) is 5. The van der Waals surface area contributed by atoms with Crippen LogP contribution in [0.3, 0.4) is 0 Å². The van der Waals surface area contributed by atoms with Crippen LogP contribution < -0.4 is 15.4 Å². The van der Waals surface area contributed by atoms with E-state index in [-0.39, 0.29) is 27.2 Å². The minimum absolute atomic E-state index is 0.0113. The lowest BCUT2D eigenvalue weighted by Crippen LogP contribution is -2.29. The fourth-order valence-corrected chi connectivity index (χ4v) is 2.26. The Balaban J connectivity index is 2.15. The van der Waals surface area contributed by atoms with Gasteiger partial charge in [0.25, 0.3) is 0 Å². The molecule has 0 fully saturated rings. The third-order valence-corrected chi connectivity index (χ3v) is 3.44. The van der Waals surface area contributed by atoms with Crippen molar-refractivity contribution in [2.24, 2.45) is 0 Å². The van der Waals surface area contributed by atoms with Gasteiger partial charge in [0, 0.05) is 11.1 Å². The van der Waals surface area contributed by atoms with E-state index < -0.39 is 17.6 Å². The summed E-state index contributed by atoms with van der Waals surface area (Å²) >= 11 is 11.5. The van der Waals surface area contributed by atoms with E-state index in [4.69, 9.17) is 27.9 Å². The highest BCUT2D eigenvalue weighted by Gasteiger charge is 2.19. The summed E-state index contributed by atoms with van der Waals surface area (Å²) in [4.78, 5) is 23.9. The Bertz CT molecular complexity index is 811. The van der Waals surface area contributed by atoms with E-state index in [1.54, 1.807) is 0 Å². The molecular formula is C15H12Cl2N2O5. The molecule has 0 aliphatic heterocycles. The van der Waals surface area contributed by atoms with Crippen molar-refractivity contribution >= 4 is 46.4 Å². The van der Waals surface area contributed by atoms with Crippen LogP contribution in [0.4, 0.5) is 11.4 Å². The lowest BCUT2D eigenvalue weighted by atomic mass is 10.2. The summed E-state index contributed by atoms with van der Waals surface area (Å²) in [5.74, 6) is -2.46. The first-order chi connectivity index (χ1) is 11.3. The smallest absolute Gasteiger partial charge is 0.314 e. The number of hydrogen-bond donors (Lipinski definition) is 4. The second-order valence-corrected chi connectivity index (χ2v) is 5.42. The summed E-state index contributed by atoms with van der Waals surface area (Å²) in [5.41, 5.74) is -0.134. The van der Waals surface area contributed by atoms with E-state index in [1.165, 1.54) is 37.4 Å². The zero-order chi connectivity index (χ0) is 17.9. The first-order valence-electron chi connectivity index (χ1n) is 6.49. The molecule has 0 spiro atoms. The summed E-state index contributed by atoms with van der Waals surface area (Å²) < 4.78 is 4.96. The molecule has 24 heavy (non-hydrogen) atoms. The molecule has 126 valence electrons. The van der Waals surface area contributed by atoms with E-state index in [0.29, 0.717) is 5.75 Å². The van der Waals surface area contributed by atoms with Gasteiger partial charge in [-0.15, -0.1) is 0 Å². The topological polar surface area (TPSA) is 108 Å². The molecular weight excluding hydrogens is 359 g/mol. The van der Waals surface area contributed by atoms with Crippen LogP contribution in [0.5, 0.6) is 17.2 Å². The molecule has 0 saturated carbocycles. The minimum atomic E-state index is -1.09. The van der Waals surface area contributed by atoms with Crippen molar-refractivity contribution in [3.05, 3.63) is 40.4 Å². The number of anilines is 2. The van der Waals surface area contributed by atoms with Crippen LogP contribution in [0.2, 0.25) is 10.0 Å². The van der Waals surface area contributed by atoms with Crippen LogP contribution in [-0.4, -0.2) is 29.1 Å². The van der Waals surface area contributed by atoms with Gasteiger partial charge in [-0.25, -0.2) is 0 Å². The van der Waals surface area contributed by atoms with Crippen molar-refractivity contribution in [1.82, 2.24) is 0 Å². The summed E-state index contributed by atoms with van der Waals surface area (Å²) in [6.45, 7) is 0. The zero-order valence-electron chi connectivity index (χ0n) is 12.3. The van der Waals surface area contributed by atoms with E-state index in [9.17, 15) is 19.8 Å². The van der Waals surface area contributed by atoms with Crippen LogP contribution in [0.15, 0.2) is 30.3 Å². The molecule has 2 aromatic rings. The summed E-state index contributed by atoms with van der Waals surface area (Å²) in [6.07, 6.45) is 0. The number of carbonyl (C=O) groups excluding carboxylic acids is 2. The molecule has 0 saturated heterocycles. The molecule has 7 nitrogen and oxygen atoms in total. The van der Waals surface area contributed by atoms with Crippen LogP contribution in [0.25, 0.3) is 0 Å². The van der Waals surface area contributed by atoms with Crippen LogP contribution >= 0.6 is 23.2 Å². The minimum Gasteiger partial charge on any atom is -0.506 e. The fourth-order valence-electron chi connectivity index (χ4n) is 1.76. The number of carbonyl (C=O) groups is 2. The number of benzene rings is 2. The van der Waals surface area contributed by atoms with Gasteiger partial charge >= 0.3 is 11.8 Å². The van der Waals surface area contributed by atoms with Gasteiger partial charge in [-0.1, -0.05) is 23.2 Å². The third kappa shape index (κ3) is 4.01. The van der Waals surface area contributed by atoms with Crippen molar-refractivity contribution in [3.63, 3.8) is 0 Å². The molecule has 0 aromatic heterocycles. The van der Waals surface area contributed by atoms with Crippen molar-refractivity contribution in [2.75, 3.05) is 17.7 Å². The van der Waals surface area contributed by atoms with Crippen molar-refractivity contribution in [3.8, 4) is 17.2 Å². The molecule has 0 unspecified atom stereocenters. The van der Waals surface area contributed by atoms with E-state index in [2.05, 4.69) is 10.6 Å². The second kappa shape index (κ2) is 7.29. The predicted octanol–water partition coefficient (Wildman–Crippen LogP) is 2.99. The summed E-state index contributed by atoms with van der Waals surface area (Å²) in [6, 6.07) is 6.64. The molecule has 0 aliphatic rings. The largest absolute Gasteiger partial charge is 0.506 e. The standard InChI is InChI=1S/C15H12Cl2N2O5/c1-24-8-2-3-12(20)10(6-8)18-14(22)15(23)19-11-5-7(16)4-9(17)13(11)21/h2-6,20-21H,1H3,(H,18,22)(H,19,23). The molecule has 0 atom stereocenters. The SMILES string of the molecule is COc1ccc(O)c(NC(=O)C(=O)Nc2cc(Cl)cc(Cl)c2O)c1. The van der Waals surface area contributed by atoms with E-state index in [1.807, 2.05) is 0 Å². The van der Waals surface area contributed by atoms with Gasteiger partial charge in [0.05, 0.1) is 23.5 Å². The molecule has 0 aliphatic carbocycles. The number of amides is 2. The number of rotatable bonds is 3. The van der Waals surface area contributed by atoms with Gasteiger partial charge in [0.15, 0.2) is 5.75 Å². The monoisotopic (exact) mass is 370 g/mol. The first-order valence-corrected chi connectivity index (χ1v) is 7.24. The molecule has 2 amide bonds. The van der Waals surface area contributed by atoms with Gasteiger partial charge in [-0.05, 0) is 24.3 Å². The highest BCUT2D eigenvalue weighted by Crippen LogP contribution is 2.35. The van der Waals surface area contributed by atoms with Crippen molar-refractivity contribution < 1.29 is 24.5 Å². The van der Waals surface area contributed by atoms with Gasteiger partial charge in [0.2, 0.25) is 0 Å². The highest BCUT2D eigenvalue weighted by atomic mass is 35.5. The number of phenols is 2. The Morgan fingerprint density at radius 2 is 1.62 bits per heavy atom. The average Bonchev–Trinajstić information content (AvgIpc) is 2.54. The van der Waals surface area contributed by atoms with E-state index in [0.717, 1.165) is 0 Å². The maximum absolute atomic E-state index is 11.9. The number of halogens is 2. The lowest BCUT2D eigenvalue weighted by molar-refractivity contribution is -0.133.